The van der Waals surface area contributed by atoms with Crippen LogP contribution >= 0.6 is 0 Å². The summed E-state index contributed by atoms with van der Waals surface area (Å²) in [5.74, 6) is 0.282. The Morgan fingerprint density at radius 3 is 2.60 bits per heavy atom. The Morgan fingerprint density at radius 1 is 1.16 bits per heavy atom. The van der Waals surface area contributed by atoms with Crippen LogP contribution in [-0.2, 0) is 14.3 Å². The SMILES string of the molecule is CN(C(=O)CN1CCCC(C(=O)N2CCOCC2)C1)c1ccccc1. The van der Waals surface area contributed by atoms with E-state index < -0.39 is 0 Å². The number of rotatable bonds is 4. The van der Waals surface area contributed by atoms with Gasteiger partial charge in [0.2, 0.25) is 11.8 Å². The lowest BCUT2D eigenvalue weighted by Crippen LogP contribution is -2.50. The zero-order valence-corrected chi connectivity index (χ0v) is 14.9. The molecule has 2 fully saturated rings. The Kier molecular flexibility index (Phi) is 6.04. The van der Waals surface area contributed by atoms with Crippen molar-refractivity contribution in [3.8, 4) is 0 Å². The molecule has 1 atom stereocenters. The first-order valence-electron chi connectivity index (χ1n) is 9.05. The molecule has 0 saturated carbocycles. The van der Waals surface area contributed by atoms with Crippen molar-refractivity contribution in [2.45, 2.75) is 12.8 Å². The van der Waals surface area contributed by atoms with E-state index >= 15 is 0 Å². The molecule has 0 aromatic heterocycles. The number of piperidine rings is 1. The summed E-state index contributed by atoms with van der Waals surface area (Å²) < 4.78 is 5.32. The van der Waals surface area contributed by atoms with E-state index in [9.17, 15) is 9.59 Å². The minimum Gasteiger partial charge on any atom is -0.378 e. The summed E-state index contributed by atoms with van der Waals surface area (Å²) in [6, 6.07) is 9.65. The molecular formula is C19H27N3O3. The van der Waals surface area contributed by atoms with E-state index in [-0.39, 0.29) is 17.7 Å². The van der Waals surface area contributed by atoms with Crippen LogP contribution in [0.1, 0.15) is 12.8 Å². The first-order chi connectivity index (χ1) is 12.1. The van der Waals surface area contributed by atoms with Crippen molar-refractivity contribution < 1.29 is 14.3 Å². The summed E-state index contributed by atoms with van der Waals surface area (Å²) in [6.45, 7) is 4.53. The van der Waals surface area contributed by atoms with E-state index in [1.54, 1.807) is 11.9 Å². The summed E-state index contributed by atoms with van der Waals surface area (Å²) in [6.07, 6.45) is 1.87. The molecule has 0 aliphatic carbocycles. The van der Waals surface area contributed by atoms with Gasteiger partial charge in [0.25, 0.3) is 0 Å². The van der Waals surface area contributed by atoms with Crippen molar-refractivity contribution in [1.82, 2.24) is 9.80 Å². The van der Waals surface area contributed by atoms with Gasteiger partial charge in [-0.05, 0) is 31.5 Å². The van der Waals surface area contributed by atoms with Crippen LogP contribution < -0.4 is 4.90 Å². The third-order valence-corrected chi connectivity index (χ3v) is 5.05. The average molecular weight is 345 g/mol. The Bertz CT molecular complexity index is 587. The van der Waals surface area contributed by atoms with Crippen molar-refractivity contribution in [2.24, 2.45) is 5.92 Å². The maximum atomic E-state index is 12.7. The number of morpholine rings is 1. The van der Waals surface area contributed by atoms with Gasteiger partial charge in [-0.3, -0.25) is 14.5 Å². The van der Waals surface area contributed by atoms with Crippen LogP contribution in [0.2, 0.25) is 0 Å². The molecule has 1 aromatic carbocycles. The molecule has 0 N–H and O–H groups in total. The van der Waals surface area contributed by atoms with E-state index in [4.69, 9.17) is 4.74 Å². The number of hydrogen-bond acceptors (Lipinski definition) is 4. The topological polar surface area (TPSA) is 53.1 Å². The molecule has 2 aliphatic rings. The zero-order valence-electron chi connectivity index (χ0n) is 14.9. The number of carbonyl (C=O) groups is 2. The highest BCUT2D eigenvalue weighted by Crippen LogP contribution is 2.20. The van der Waals surface area contributed by atoms with Gasteiger partial charge >= 0.3 is 0 Å². The Hall–Kier alpha value is -1.92. The molecule has 0 radical (unpaired) electrons. The predicted octanol–water partition coefficient (Wildman–Crippen LogP) is 1.22. The molecule has 6 nitrogen and oxygen atoms in total. The van der Waals surface area contributed by atoms with Gasteiger partial charge in [0.15, 0.2) is 0 Å². The highest BCUT2D eigenvalue weighted by molar-refractivity contribution is 5.94. The second-order valence-corrected chi connectivity index (χ2v) is 6.80. The summed E-state index contributed by atoms with van der Waals surface area (Å²) in [5, 5.41) is 0. The molecule has 25 heavy (non-hydrogen) atoms. The maximum Gasteiger partial charge on any atom is 0.240 e. The standard InChI is InChI=1S/C19H27N3O3/c1-20(17-7-3-2-4-8-17)18(23)15-21-9-5-6-16(14-21)19(24)22-10-12-25-13-11-22/h2-4,7-8,16H,5-6,9-15H2,1H3. The summed E-state index contributed by atoms with van der Waals surface area (Å²) in [4.78, 5) is 31.0. The van der Waals surface area contributed by atoms with Crippen LogP contribution in [0.4, 0.5) is 5.69 Å². The fraction of sp³-hybridized carbons (Fsp3) is 0.579. The van der Waals surface area contributed by atoms with Crippen molar-refractivity contribution in [1.29, 1.82) is 0 Å². The minimum absolute atomic E-state index is 0.00156. The van der Waals surface area contributed by atoms with Gasteiger partial charge in [0.05, 0.1) is 25.7 Å². The lowest BCUT2D eigenvalue weighted by molar-refractivity contribution is -0.142. The third kappa shape index (κ3) is 4.58. The van der Waals surface area contributed by atoms with Crippen LogP contribution in [0.25, 0.3) is 0 Å². The second kappa shape index (κ2) is 8.45. The number of benzene rings is 1. The van der Waals surface area contributed by atoms with Crippen molar-refractivity contribution >= 4 is 17.5 Å². The van der Waals surface area contributed by atoms with Crippen LogP contribution in [-0.4, -0.2) is 74.6 Å². The van der Waals surface area contributed by atoms with Gasteiger partial charge in [-0.1, -0.05) is 18.2 Å². The van der Waals surface area contributed by atoms with Crippen molar-refractivity contribution in [3.05, 3.63) is 30.3 Å². The Morgan fingerprint density at radius 2 is 1.88 bits per heavy atom. The van der Waals surface area contributed by atoms with Crippen LogP contribution in [0.3, 0.4) is 0 Å². The molecule has 2 heterocycles. The van der Waals surface area contributed by atoms with Crippen molar-refractivity contribution in [2.75, 3.05) is 57.9 Å². The van der Waals surface area contributed by atoms with Crippen LogP contribution in [0.5, 0.6) is 0 Å². The number of likely N-dealkylation sites (N-methyl/N-ethyl adjacent to an activating group) is 1. The van der Waals surface area contributed by atoms with E-state index in [2.05, 4.69) is 4.90 Å². The highest BCUT2D eigenvalue weighted by Gasteiger charge is 2.31. The van der Waals surface area contributed by atoms with Gasteiger partial charge < -0.3 is 14.5 Å². The molecule has 0 bridgehead atoms. The summed E-state index contributed by atoms with van der Waals surface area (Å²) in [7, 11) is 1.80. The van der Waals surface area contributed by atoms with E-state index in [1.165, 1.54) is 0 Å². The first-order valence-corrected chi connectivity index (χ1v) is 9.05. The first kappa shape index (κ1) is 17.9. The monoisotopic (exact) mass is 345 g/mol. The fourth-order valence-corrected chi connectivity index (χ4v) is 3.54. The fourth-order valence-electron chi connectivity index (χ4n) is 3.54. The molecule has 1 unspecified atom stereocenters. The van der Waals surface area contributed by atoms with E-state index in [0.717, 1.165) is 25.1 Å². The number of carbonyl (C=O) groups excluding carboxylic acids is 2. The maximum absolute atomic E-state index is 12.7. The minimum atomic E-state index is 0.00156. The number of hydrogen-bond donors (Lipinski definition) is 0. The molecule has 2 aliphatic heterocycles. The van der Waals surface area contributed by atoms with Crippen molar-refractivity contribution in [3.63, 3.8) is 0 Å². The summed E-state index contributed by atoms with van der Waals surface area (Å²) >= 11 is 0. The molecule has 136 valence electrons. The van der Waals surface area contributed by atoms with Gasteiger partial charge in [0.1, 0.15) is 0 Å². The second-order valence-electron chi connectivity index (χ2n) is 6.80. The smallest absolute Gasteiger partial charge is 0.240 e. The Balaban J connectivity index is 1.54. The number of amides is 2. The largest absolute Gasteiger partial charge is 0.378 e. The van der Waals surface area contributed by atoms with Gasteiger partial charge in [0, 0.05) is 32.4 Å². The lowest BCUT2D eigenvalue weighted by Gasteiger charge is -2.36. The molecule has 3 rings (SSSR count). The van der Waals surface area contributed by atoms with E-state index in [1.807, 2.05) is 35.2 Å². The van der Waals surface area contributed by atoms with Crippen LogP contribution in [0.15, 0.2) is 30.3 Å². The third-order valence-electron chi connectivity index (χ3n) is 5.05. The van der Waals surface area contributed by atoms with Gasteiger partial charge in [-0.15, -0.1) is 0 Å². The quantitative estimate of drug-likeness (QED) is 0.823. The lowest BCUT2D eigenvalue weighted by atomic mass is 9.96. The van der Waals surface area contributed by atoms with E-state index in [0.29, 0.717) is 39.4 Å². The molecule has 1 aromatic rings. The number of ether oxygens (including phenoxy) is 1. The van der Waals surface area contributed by atoms with Crippen LogP contribution in [0, 0.1) is 5.92 Å². The average Bonchev–Trinajstić information content (AvgIpc) is 2.68. The molecule has 2 saturated heterocycles. The number of anilines is 1. The normalized spacial score (nSPS) is 21.8. The van der Waals surface area contributed by atoms with Gasteiger partial charge in [-0.25, -0.2) is 0 Å². The molecule has 2 amide bonds. The molecule has 0 spiro atoms. The van der Waals surface area contributed by atoms with Gasteiger partial charge in [-0.2, -0.15) is 0 Å². The number of nitrogens with zero attached hydrogens (tertiary/aromatic N) is 3. The molecule has 6 heteroatoms. The highest BCUT2D eigenvalue weighted by atomic mass is 16.5. The summed E-state index contributed by atoms with van der Waals surface area (Å²) in [5.41, 5.74) is 0.894. The Labute approximate surface area is 149 Å². The number of para-hydroxylation sites is 1. The predicted molar refractivity (Wildman–Crippen MR) is 96.4 cm³/mol. The number of likely N-dealkylation sites (tertiary alicyclic amines) is 1. The molecular weight excluding hydrogens is 318 g/mol. The zero-order chi connectivity index (χ0) is 17.6.